The van der Waals surface area contributed by atoms with Crippen molar-refractivity contribution in [2.24, 2.45) is 0 Å². The van der Waals surface area contributed by atoms with Crippen molar-refractivity contribution in [3.05, 3.63) is 35.4 Å². The van der Waals surface area contributed by atoms with Crippen LogP contribution in [0, 0.1) is 0 Å². The molecule has 2 aliphatic rings. The Balaban J connectivity index is 1.57. The third-order valence-electron chi connectivity index (χ3n) is 5.15. The van der Waals surface area contributed by atoms with Crippen LogP contribution in [-0.4, -0.2) is 98.4 Å². The monoisotopic (exact) mass is 412 g/mol. The molecule has 9 heteroatoms. The third-order valence-corrected chi connectivity index (χ3v) is 7.81. The number of benzene rings is 1. The second-order valence-corrected chi connectivity index (χ2v) is 9.83. The molecule has 0 spiro atoms. The van der Waals surface area contributed by atoms with Gasteiger partial charge in [-0.2, -0.15) is 28.8 Å². The lowest BCUT2D eigenvalue weighted by Crippen LogP contribution is -2.57. The van der Waals surface area contributed by atoms with E-state index >= 15 is 0 Å². The summed E-state index contributed by atoms with van der Waals surface area (Å²) in [6.07, 6.45) is 2.05. The molecule has 27 heavy (non-hydrogen) atoms. The van der Waals surface area contributed by atoms with Crippen LogP contribution in [0.4, 0.5) is 0 Å². The molecule has 2 heterocycles. The van der Waals surface area contributed by atoms with E-state index in [1.165, 1.54) is 9.87 Å². The van der Waals surface area contributed by atoms with Gasteiger partial charge in [0, 0.05) is 63.7 Å². The second-order valence-electron chi connectivity index (χ2n) is 7.03. The number of hydrogen-bond acceptors (Lipinski definition) is 5. The van der Waals surface area contributed by atoms with Gasteiger partial charge in [0.15, 0.2) is 0 Å². The number of likely N-dealkylation sites (N-methyl/N-ethyl adjacent to an activating group) is 1. The number of carbonyl (C=O) groups excluding carboxylic acids is 1. The zero-order valence-electron chi connectivity index (χ0n) is 16.0. The highest BCUT2D eigenvalue weighted by molar-refractivity contribution is 7.97. The van der Waals surface area contributed by atoms with E-state index in [-0.39, 0.29) is 5.91 Å². The number of piperazine rings is 2. The van der Waals surface area contributed by atoms with Crippen molar-refractivity contribution in [3.63, 3.8) is 0 Å². The van der Waals surface area contributed by atoms with Crippen LogP contribution in [0.3, 0.4) is 0 Å². The average molecular weight is 413 g/mol. The lowest BCUT2D eigenvalue weighted by molar-refractivity contribution is 0.0692. The highest BCUT2D eigenvalue weighted by Crippen LogP contribution is 2.17. The van der Waals surface area contributed by atoms with Crippen molar-refractivity contribution < 1.29 is 13.2 Å². The molecule has 0 saturated carbocycles. The van der Waals surface area contributed by atoms with Crippen LogP contribution in [0.25, 0.3) is 0 Å². The maximum atomic E-state index is 12.8. The third kappa shape index (κ3) is 4.83. The van der Waals surface area contributed by atoms with E-state index in [9.17, 15) is 13.2 Å². The highest BCUT2D eigenvalue weighted by Gasteiger charge is 2.34. The molecule has 0 unspecified atom stereocenters. The van der Waals surface area contributed by atoms with Crippen molar-refractivity contribution in [1.82, 2.24) is 18.4 Å². The molecule has 0 radical (unpaired) electrons. The number of amides is 1. The van der Waals surface area contributed by atoms with E-state index in [0.717, 1.165) is 18.8 Å². The minimum Gasteiger partial charge on any atom is -0.336 e. The first-order valence-corrected chi connectivity index (χ1v) is 12.0. The number of rotatable bonds is 5. The Morgan fingerprint density at radius 3 is 1.96 bits per heavy atom. The van der Waals surface area contributed by atoms with Gasteiger partial charge in [0.25, 0.3) is 16.1 Å². The molecule has 2 saturated heterocycles. The predicted octanol–water partition coefficient (Wildman–Crippen LogP) is 0.800. The van der Waals surface area contributed by atoms with Crippen LogP contribution in [0.5, 0.6) is 0 Å². The van der Waals surface area contributed by atoms with Gasteiger partial charge in [-0.3, -0.25) is 4.79 Å². The number of hydrogen-bond donors (Lipinski definition) is 0. The van der Waals surface area contributed by atoms with Gasteiger partial charge >= 0.3 is 0 Å². The maximum Gasteiger partial charge on any atom is 0.282 e. The topological polar surface area (TPSA) is 64.2 Å². The summed E-state index contributed by atoms with van der Waals surface area (Å²) in [5.74, 6) is 0.902. The Morgan fingerprint density at radius 1 is 0.926 bits per heavy atom. The smallest absolute Gasteiger partial charge is 0.282 e. The van der Waals surface area contributed by atoms with Crippen molar-refractivity contribution >= 4 is 27.9 Å². The largest absolute Gasteiger partial charge is 0.336 e. The summed E-state index contributed by atoms with van der Waals surface area (Å²) in [6.45, 7) is 4.13. The minimum absolute atomic E-state index is 0.0256. The van der Waals surface area contributed by atoms with Crippen LogP contribution in [0.1, 0.15) is 15.9 Å². The van der Waals surface area contributed by atoms with E-state index in [1.54, 1.807) is 21.0 Å². The zero-order chi connectivity index (χ0) is 19.4. The fraction of sp³-hybridized carbons (Fsp3) is 0.611. The standard InChI is InChI=1S/C18H28N4O3S2/c1-19-7-11-21(12-8-19)27(24,25)22-13-9-20(10-14-22)18(23)17-5-3-16(4-6-17)15-26-2/h3-6H,7-15H2,1-2H3. The molecule has 0 N–H and O–H groups in total. The molecule has 1 aromatic carbocycles. The molecule has 150 valence electrons. The SMILES string of the molecule is CSCc1ccc(C(=O)N2CCN(S(=O)(=O)N3CCN(C)CC3)CC2)cc1. The normalized spacial score (nSPS) is 20.7. The lowest BCUT2D eigenvalue weighted by atomic mass is 10.1. The van der Waals surface area contributed by atoms with Gasteiger partial charge in [0.05, 0.1) is 0 Å². The van der Waals surface area contributed by atoms with Crippen molar-refractivity contribution in [1.29, 1.82) is 0 Å². The molecule has 0 aromatic heterocycles. The Kier molecular flexibility index (Phi) is 6.80. The van der Waals surface area contributed by atoms with Crippen LogP contribution in [-0.2, 0) is 16.0 Å². The van der Waals surface area contributed by atoms with E-state index < -0.39 is 10.2 Å². The highest BCUT2D eigenvalue weighted by atomic mass is 32.2. The van der Waals surface area contributed by atoms with Crippen LogP contribution in [0.2, 0.25) is 0 Å². The first-order chi connectivity index (χ1) is 12.9. The second kappa shape index (κ2) is 8.91. The summed E-state index contributed by atoms with van der Waals surface area (Å²) in [6, 6.07) is 7.69. The maximum absolute atomic E-state index is 12.8. The summed E-state index contributed by atoms with van der Waals surface area (Å²) in [5, 5.41) is 0. The molecular weight excluding hydrogens is 384 g/mol. The summed E-state index contributed by atoms with van der Waals surface area (Å²) in [5.41, 5.74) is 1.86. The quantitative estimate of drug-likeness (QED) is 0.716. The number of thioether (sulfide) groups is 1. The summed E-state index contributed by atoms with van der Waals surface area (Å²) >= 11 is 1.75. The van der Waals surface area contributed by atoms with Gasteiger partial charge in [-0.25, -0.2) is 0 Å². The van der Waals surface area contributed by atoms with Crippen LogP contribution in [0.15, 0.2) is 24.3 Å². The molecule has 2 aliphatic heterocycles. The molecule has 0 bridgehead atoms. The van der Waals surface area contributed by atoms with Crippen LogP contribution < -0.4 is 0 Å². The van der Waals surface area contributed by atoms with Crippen molar-refractivity contribution in [3.8, 4) is 0 Å². The summed E-state index contributed by atoms with van der Waals surface area (Å²) in [4.78, 5) is 16.6. The van der Waals surface area contributed by atoms with E-state index in [1.807, 2.05) is 31.3 Å². The fourth-order valence-electron chi connectivity index (χ4n) is 3.40. The van der Waals surface area contributed by atoms with Gasteiger partial charge in [0.2, 0.25) is 0 Å². The van der Waals surface area contributed by atoms with Gasteiger partial charge < -0.3 is 9.80 Å². The van der Waals surface area contributed by atoms with E-state index in [4.69, 9.17) is 0 Å². The predicted molar refractivity (Wildman–Crippen MR) is 109 cm³/mol. The molecular formula is C18H28N4O3S2. The fourth-order valence-corrected chi connectivity index (χ4v) is 5.50. The Morgan fingerprint density at radius 2 is 1.44 bits per heavy atom. The molecule has 0 atom stereocenters. The first-order valence-electron chi connectivity index (χ1n) is 9.23. The molecule has 3 rings (SSSR count). The van der Waals surface area contributed by atoms with E-state index in [2.05, 4.69) is 11.2 Å². The Labute approximate surface area is 166 Å². The molecule has 1 amide bonds. The lowest BCUT2D eigenvalue weighted by Gasteiger charge is -2.39. The van der Waals surface area contributed by atoms with E-state index in [0.29, 0.717) is 44.8 Å². The number of carbonyl (C=O) groups is 1. The first kappa shape index (κ1) is 20.6. The number of nitrogens with zero attached hydrogens (tertiary/aromatic N) is 4. The van der Waals surface area contributed by atoms with Gasteiger partial charge in [0.1, 0.15) is 0 Å². The van der Waals surface area contributed by atoms with Gasteiger partial charge in [-0.1, -0.05) is 12.1 Å². The van der Waals surface area contributed by atoms with Gasteiger partial charge in [-0.15, -0.1) is 0 Å². The molecule has 2 fully saturated rings. The molecule has 7 nitrogen and oxygen atoms in total. The van der Waals surface area contributed by atoms with Crippen molar-refractivity contribution in [2.75, 3.05) is 65.7 Å². The van der Waals surface area contributed by atoms with Crippen molar-refractivity contribution in [2.45, 2.75) is 5.75 Å². The summed E-state index contributed by atoms with van der Waals surface area (Å²) in [7, 11) is -1.43. The van der Waals surface area contributed by atoms with Crippen LogP contribution >= 0.6 is 11.8 Å². The minimum atomic E-state index is -3.43. The Bertz CT molecular complexity index is 738. The molecule has 1 aromatic rings. The average Bonchev–Trinajstić information content (AvgIpc) is 2.69. The van der Waals surface area contributed by atoms with Gasteiger partial charge in [-0.05, 0) is 31.0 Å². The molecule has 0 aliphatic carbocycles. The Hall–Kier alpha value is -1.13. The zero-order valence-corrected chi connectivity index (χ0v) is 17.6. The summed E-state index contributed by atoms with van der Waals surface area (Å²) < 4.78 is 28.7.